The van der Waals surface area contributed by atoms with Gasteiger partial charge in [-0.05, 0) is 52.1 Å². The fourth-order valence-corrected chi connectivity index (χ4v) is 10.0. The summed E-state index contributed by atoms with van der Waals surface area (Å²) in [6.07, 6.45) is 0. The van der Waals surface area contributed by atoms with E-state index < -0.39 is 0 Å². The zero-order chi connectivity index (χ0) is 30.9. The van der Waals surface area contributed by atoms with Crippen LogP contribution in [-0.2, 0) is 0 Å². The fourth-order valence-electron chi connectivity index (χ4n) is 7.41. The lowest BCUT2D eigenvalue weighted by atomic mass is 9.92. The Hall–Kier alpha value is -5.48. The van der Waals surface area contributed by atoms with Crippen LogP contribution in [0.15, 0.2) is 164 Å². The van der Waals surface area contributed by atoms with Gasteiger partial charge in [0.1, 0.15) is 0 Å². The molecule has 7 aromatic carbocycles. The molecule has 0 unspecified atom stereocenters. The molecule has 3 heteroatoms. The molecule has 0 aliphatic carbocycles. The molecule has 0 N–H and O–H groups in total. The normalized spacial score (nSPS) is 11.8. The molecular formula is C44H27NS2. The van der Waals surface area contributed by atoms with E-state index in [2.05, 4.69) is 168 Å². The minimum absolute atomic E-state index is 1.19. The number of hydrogen-bond acceptors (Lipinski definition) is 2. The van der Waals surface area contributed by atoms with E-state index in [0.29, 0.717) is 0 Å². The molecule has 0 aliphatic heterocycles. The third kappa shape index (κ3) is 4.01. The van der Waals surface area contributed by atoms with Crippen molar-refractivity contribution in [1.29, 1.82) is 0 Å². The first-order chi connectivity index (χ1) is 23.3. The van der Waals surface area contributed by atoms with Crippen LogP contribution in [0.1, 0.15) is 0 Å². The fraction of sp³-hybridized carbons (Fsp3) is 0. The smallest absolute Gasteiger partial charge is 0.0734 e. The average molecular weight is 634 g/mol. The van der Waals surface area contributed by atoms with Crippen molar-refractivity contribution < 1.29 is 0 Å². The molecule has 220 valence electrons. The van der Waals surface area contributed by atoms with E-state index in [-0.39, 0.29) is 0 Å². The standard InChI is InChI=1S/C44H27NS2/c1-3-14-28(15-4-1)30-21-11-24-35-36-25-12-23-34(43(36)47-42(30)35)32-19-8-7-18-31(32)33-22-13-27-39-40(33)41-44(46-39)37-20-9-10-26-38(37)45(41)29-16-5-2-6-17-29/h1-27H. The highest BCUT2D eigenvalue weighted by Gasteiger charge is 2.22. The van der Waals surface area contributed by atoms with Crippen LogP contribution in [0, 0.1) is 0 Å². The molecule has 47 heavy (non-hydrogen) atoms. The summed E-state index contributed by atoms with van der Waals surface area (Å²) in [4.78, 5) is 0. The van der Waals surface area contributed by atoms with Crippen LogP contribution in [0.2, 0.25) is 0 Å². The van der Waals surface area contributed by atoms with Gasteiger partial charge in [0.15, 0.2) is 0 Å². The van der Waals surface area contributed by atoms with Crippen molar-refractivity contribution in [2.24, 2.45) is 0 Å². The highest BCUT2D eigenvalue weighted by Crippen LogP contribution is 2.49. The third-order valence-corrected chi connectivity index (χ3v) is 11.9. The third-order valence-electron chi connectivity index (χ3n) is 9.43. The summed E-state index contributed by atoms with van der Waals surface area (Å²) < 4.78 is 7.79. The Balaban J connectivity index is 1.27. The molecule has 3 aromatic heterocycles. The molecule has 3 heterocycles. The molecular weight excluding hydrogens is 607 g/mol. The minimum atomic E-state index is 1.19. The van der Waals surface area contributed by atoms with Gasteiger partial charge in [0.2, 0.25) is 0 Å². The Labute approximate surface area is 280 Å². The Morgan fingerprint density at radius 1 is 0.362 bits per heavy atom. The highest BCUT2D eigenvalue weighted by atomic mass is 32.1. The maximum Gasteiger partial charge on any atom is 0.0734 e. The molecule has 0 aliphatic rings. The molecule has 10 aromatic rings. The minimum Gasteiger partial charge on any atom is -0.308 e. The van der Waals surface area contributed by atoms with Gasteiger partial charge in [0, 0.05) is 46.9 Å². The molecule has 10 rings (SSSR count). The van der Waals surface area contributed by atoms with E-state index in [1.54, 1.807) is 0 Å². The van der Waals surface area contributed by atoms with Crippen molar-refractivity contribution in [3.05, 3.63) is 164 Å². The van der Waals surface area contributed by atoms with Crippen molar-refractivity contribution in [3.63, 3.8) is 0 Å². The summed E-state index contributed by atoms with van der Waals surface area (Å²) in [6.45, 7) is 0. The van der Waals surface area contributed by atoms with Crippen LogP contribution in [-0.4, -0.2) is 4.57 Å². The van der Waals surface area contributed by atoms with Crippen LogP contribution in [0.5, 0.6) is 0 Å². The monoisotopic (exact) mass is 633 g/mol. The van der Waals surface area contributed by atoms with Crippen LogP contribution < -0.4 is 0 Å². The summed E-state index contributed by atoms with van der Waals surface area (Å²) in [5, 5.41) is 5.25. The van der Waals surface area contributed by atoms with E-state index in [1.807, 2.05) is 22.7 Å². The van der Waals surface area contributed by atoms with Crippen molar-refractivity contribution in [2.75, 3.05) is 0 Å². The molecule has 0 radical (unpaired) electrons. The zero-order valence-corrected chi connectivity index (χ0v) is 27.0. The number of fused-ring (bicyclic) bond motifs is 8. The molecule has 1 nitrogen and oxygen atoms in total. The van der Waals surface area contributed by atoms with Gasteiger partial charge < -0.3 is 4.57 Å². The van der Waals surface area contributed by atoms with Gasteiger partial charge in [-0.25, -0.2) is 0 Å². The number of aromatic nitrogens is 1. The molecule has 0 fully saturated rings. The van der Waals surface area contributed by atoms with E-state index in [4.69, 9.17) is 0 Å². The first kappa shape index (κ1) is 26.7. The largest absolute Gasteiger partial charge is 0.308 e. The number of rotatable bonds is 4. The Kier molecular flexibility index (Phi) is 5.98. The first-order valence-electron chi connectivity index (χ1n) is 15.9. The SMILES string of the molecule is c1ccc(-c2cccc3c2sc2c(-c4ccccc4-c4cccc5sc6c7ccccc7n(-c7ccccc7)c6c45)cccc23)cc1. The number of thiophene rings is 2. The van der Waals surface area contributed by atoms with Crippen LogP contribution in [0.4, 0.5) is 0 Å². The quantitative estimate of drug-likeness (QED) is 0.182. The van der Waals surface area contributed by atoms with Gasteiger partial charge in [-0.2, -0.15) is 0 Å². The Morgan fingerprint density at radius 3 is 1.70 bits per heavy atom. The average Bonchev–Trinajstić information content (AvgIpc) is 3.81. The van der Waals surface area contributed by atoms with Crippen LogP contribution in [0.25, 0.3) is 90.4 Å². The van der Waals surface area contributed by atoms with Gasteiger partial charge in [-0.3, -0.25) is 0 Å². The summed E-state index contributed by atoms with van der Waals surface area (Å²) in [5.41, 5.74) is 11.3. The molecule has 0 amide bonds. The van der Waals surface area contributed by atoms with Gasteiger partial charge in [0.25, 0.3) is 0 Å². The molecule has 0 spiro atoms. The lowest BCUT2D eigenvalue weighted by molar-refractivity contribution is 1.19. The summed E-state index contributed by atoms with van der Waals surface area (Å²) >= 11 is 3.82. The molecule has 0 atom stereocenters. The Bertz CT molecular complexity index is 2780. The predicted octanol–water partition coefficient (Wildman–Crippen LogP) is 13.4. The maximum atomic E-state index is 2.47. The van der Waals surface area contributed by atoms with Gasteiger partial charge >= 0.3 is 0 Å². The second kappa shape index (κ2) is 10.5. The van der Waals surface area contributed by atoms with Gasteiger partial charge in [0.05, 0.1) is 15.7 Å². The van der Waals surface area contributed by atoms with E-state index in [9.17, 15) is 0 Å². The lowest BCUT2D eigenvalue weighted by Crippen LogP contribution is -1.94. The number of para-hydroxylation sites is 2. The topological polar surface area (TPSA) is 4.93 Å². The first-order valence-corrected chi connectivity index (χ1v) is 17.6. The maximum absolute atomic E-state index is 2.47. The van der Waals surface area contributed by atoms with E-state index in [0.717, 1.165) is 0 Å². The van der Waals surface area contributed by atoms with Gasteiger partial charge in [-0.15, -0.1) is 22.7 Å². The second-order valence-electron chi connectivity index (χ2n) is 12.0. The predicted molar refractivity (Wildman–Crippen MR) is 205 cm³/mol. The highest BCUT2D eigenvalue weighted by molar-refractivity contribution is 7.27. The van der Waals surface area contributed by atoms with Crippen LogP contribution >= 0.6 is 22.7 Å². The lowest BCUT2D eigenvalue weighted by Gasteiger charge is -2.14. The summed E-state index contributed by atoms with van der Waals surface area (Å²) in [7, 11) is 0. The van der Waals surface area contributed by atoms with Crippen molar-refractivity contribution >= 4 is 74.1 Å². The van der Waals surface area contributed by atoms with Crippen molar-refractivity contribution in [3.8, 4) is 39.1 Å². The summed E-state index contributed by atoms with van der Waals surface area (Å²) in [6, 6.07) is 59.8. The number of benzene rings is 7. The molecule has 0 saturated carbocycles. The van der Waals surface area contributed by atoms with E-state index >= 15 is 0 Å². The zero-order valence-electron chi connectivity index (χ0n) is 25.4. The van der Waals surface area contributed by atoms with Crippen molar-refractivity contribution in [2.45, 2.75) is 0 Å². The van der Waals surface area contributed by atoms with E-state index in [1.165, 1.54) is 90.4 Å². The molecule has 0 saturated heterocycles. The second-order valence-corrected chi connectivity index (χ2v) is 14.1. The van der Waals surface area contributed by atoms with Crippen molar-refractivity contribution in [1.82, 2.24) is 4.57 Å². The van der Waals surface area contributed by atoms with Gasteiger partial charge in [-0.1, -0.05) is 140 Å². The molecule has 0 bridgehead atoms. The number of nitrogens with zero attached hydrogens (tertiary/aromatic N) is 1. The summed E-state index contributed by atoms with van der Waals surface area (Å²) in [5.74, 6) is 0. The Morgan fingerprint density at radius 2 is 0.915 bits per heavy atom. The van der Waals surface area contributed by atoms with Crippen LogP contribution in [0.3, 0.4) is 0 Å². The number of hydrogen-bond donors (Lipinski definition) is 0.